The van der Waals surface area contributed by atoms with Crippen molar-refractivity contribution >= 4 is 22.7 Å². The number of para-hydroxylation sites is 1. The SMILES string of the molecule is COc1ccc(CC(=O)O)cc1-c1nc2ccccc2cc1CNCCC(=O)C1CC1. The van der Waals surface area contributed by atoms with E-state index in [4.69, 9.17) is 9.72 Å². The average molecular weight is 418 g/mol. The fourth-order valence-electron chi connectivity index (χ4n) is 3.80. The maximum Gasteiger partial charge on any atom is 0.307 e. The van der Waals surface area contributed by atoms with Crippen molar-refractivity contribution < 1.29 is 19.4 Å². The Morgan fingerprint density at radius 2 is 1.97 bits per heavy atom. The van der Waals surface area contributed by atoms with Crippen molar-refractivity contribution in [1.82, 2.24) is 10.3 Å². The monoisotopic (exact) mass is 418 g/mol. The normalized spacial score (nSPS) is 13.3. The van der Waals surface area contributed by atoms with Crippen LogP contribution in [0.15, 0.2) is 48.5 Å². The van der Waals surface area contributed by atoms with Crippen LogP contribution in [-0.2, 0) is 22.6 Å². The number of ketones is 1. The second kappa shape index (κ2) is 9.27. The van der Waals surface area contributed by atoms with Crippen LogP contribution in [0.2, 0.25) is 0 Å². The minimum Gasteiger partial charge on any atom is -0.496 e. The van der Waals surface area contributed by atoms with Gasteiger partial charge >= 0.3 is 5.97 Å². The van der Waals surface area contributed by atoms with E-state index in [0.29, 0.717) is 36.6 Å². The van der Waals surface area contributed by atoms with Crippen LogP contribution in [-0.4, -0.2) is 35.5 Å². The van der Waals surface area contributed by atoms with Gasteiger partial charge in [0.05, 0.1) is 24.7 Å². The zero-order chi connectivity index (χ0) is 21.8. The number of methoxy groups -OCH3 is 1. The van der Waals surface area contributed by atoms with Gasteiger partial charge in [0.25, 0.3) is 0 Å². The number of hydrogen-bond donors (Lipinski definition) is 2. The van der Waals surface area contributed by atoms with Gasteiger partial charge < -0.3 is 15.2 Å². The summed E-state index contributed by atoms with van der Waals surface area (Å²) in [6.45, 7) is 1.18. The number of aliphatic carboxylic acids is 1. The quantitative estimate of drug-likeness (QED) is 0.484. The van der Waals surface area contributed by atoms with Crippen molar-refractivity contribution in [3.8, 4) is 17.0 Å². The molecule has 1 aromatic heterocycles. The minimum atomic E-state index is -0.884. The van der Waals surface area contributed by atoms with E-state index in [2.05, 4.69) is 11.4 Å². The van der Waals surface area contributed by atoms with E-state index < -0.39 is 5.97 Å². The summed E-state index contributed by atoms with van der Waals surface area (Å²) in [6.07, 6.45) is 2.54. The molecular formula is C25H26N2O4. The van der Waals surface area contributed by atoms with Crippen LogP contribution in [0.4, 0.5) is 0 Å². The molecule has 1 heterocycles. The third kappa shape index (κ3) is 5.09. The Labute approximate surface area is 181 Å². The first-order chi connectivity index (χ1) is 15.0. The Balaban J connectivity index is 1.67. The smallest absolute Gasteiger partial charge is 0.307 e. The fraction of sp³-hybridized carbons (Fsp3) is 0.320. The van der Waals surface area contributed by atoms with E-state index in [1.165, 1.54) is 0 Å². The predicted octanol–water partition coefficient (Wildman–Crippen LogP) is 4.00. The molecule has 3 aromatic rings. The lowest BCUT2D eigenvalue weighted by molar-refractivity contribution is -0.136. The van der Waals surface area contributed by atoms with Crippen LogP contribution in [0, 0.1) is 5.92 Å². The van der Waals surface area contributed by atoms with E-state index in [1.807, 2.05) is 30.3 Å². The van der Waals surface area contributed by atoms with Crippen molar-refractivity contribution in [2.45, 2.75) is 32.2 Å². The number of Topliss-reactive ketones (excluding diaryl/α,β-unsaturated/α-hetero) is 1. The van der Waals surface area contributed by atoms with Gasteiger partial charge in [0.15, 0.2) is 0 Å². The predicted molar refractivity (Wildman–Crippen MR) is 119 cm³/mol. The summed E-state index contributed by atoms with van der Waals surface area (Å²) in [5.41, 5.74) is 4.04. The Hall–Kier alpha value is -3.25. The molecule has 31 heavy (non-hydrogen) atoms. The van der Waals surface area contributed by atoms with Crippen molar-refractivity contribution in [3.63, 3.8) is 0 Å². The van der Waals surface area contributed by atoms with Crippen molar-refractivity contribution in [2.24, 2.45) is 5.92 Å². The van der Waals surface area contributed by atoms with Gasteiger partial charge in [-0.1, -0.05) is 24.3 Å². The summed E-state index contributed by atoms with van der Waals surface area (Å²) in [4.78, 5) is 28.1. The summed E-state index contributed by atoms with van der Waals surface area (Å²) < 4.78 is 5.56. The lowest BCUT2D eigenvalue weighted by atomic mass is 9.99. The topological polar surface area (TPSA) is 88.5 Å². The van der Waals surface area contributed by atoms with Gasteiger partial charge in [-0.2, -0.15) is 0 Å². The highest BCUT2D eigenvalue weighted by Gasteiger charge is 2.28. The van der Waals surface area contributed by atoms with Crippen LogP contribution in [0.3, 0.4) is 0 Å². The molecule has 1 fully saturated rings. The number of nitrogens with one attached hydrogen (secondary N) is 1. The van der Waals surface area contributed by atoms with E-state index in [1.54, 1.807) is 19.2 Å². The Kier molecular flexibility index (Phi) is 6.28. The lowest BCUT2D eigenvalue weighted by Gasteiger charge is -2.15. The van der Waals surface area contributed by atoms with Crippen molar-refractivity contribution in [3.05, 3.63) is 59.7 Å². The number of benzene rings is 2. The molecule has 0 spiro atoms. The first-order valence-electron chi connectivity index (χ1n) is 10.6. The maximum absolute atomic E-state index is 12.0. The second-order valence-corrected chi connectivity index (χ2v) is 7.96. The number of pyridine rings is 1. The molecule has 0 bridgehead atoms. The number of ether oxygens (including phenoxy) is 1. The van der Waals surface area contributed by atoms with Crippen molar-refractivity contribution in [1.29, 1.82) is 0 Å². The number of fused-ring (bicyclic) bond motifs is 1. The number of rotatable bonds is 10. The molecule has 0 amide bonds. The highest BCUT2D eigenvalue weighted by atomic mass is 16.5. The largest absolute Gasteiger partial charge is 0.496 e. The van der Waals surface area contributed by atoms with Gasteiger partial charge in [0, 0.05) is 36.4 Å². The maximum atomic E-state index is 12.0. The van der Waals surface area contributed by atoms with Crippen LogP contribution in [0.25, 0.3) is 22.2 Å². The molecule has 2 aromatic carbocycles. The molecule has 1 aliphatic rings. The standard InChI is InChI=1S/C25H26N2O4/c1-31-23-9-6-16(13-24(29)30)12-20(23)25-19(14-18-4-2-3-5-21(18)27-25)15-26-11-10-22(28)17-7-8-17/h2-6,9,12,14,17,26H,7-8,10-11,13,15H2,1H3,(H,29,30). The molecule has 0 radical (unpaired) electrons. The molecule has 1 saturated carbocycles. The third-order valence-corrected chi connectivity index (χ3v) is 5.57. The number of carboxylic acids is 1. The molecule has 0 saturated heterocycles. The second-order valence-electron chi connectivity index (χ2n) is 7.96. The molecule has 6 heteroatoms. The van der Waals surface area contributed by atoms with Crippen LogP contribution < -0.4 is 10.1 Å². The number of hydrogen-bond acceptors (Lipinski definition) is 5. The zero-order valence-electron chi connectivity index (χ0n) is 17.6. The van der Waals surface area contributed by atoms with Gasteiger partial charge in [0.1, 0.15) is 11.5 Å². The lowest BCUT2D eigenvalue weighted by Crippen LogP contribution is -2.19. The molecule has 2 N–H and O–H groups in total. The van der Waals surface area contributed by atoms with Crippen molar-refractivity contribution in [2.75, 3.05) is 13.7 Å². The molecule has 1 aliphatic carbocycles. The Bertz CT molecular complexity index is 1120. The van der Waals surface area contributed by atoms with Gasteiger partial charge in [0.2, 0.25) is 0 Å². The van der Waals surface area contributed by atoms with E-state index in [-0.39, 0.29) is 12.3 Å². The first-order valence-corrected chi connectivity index (χ1v) is 10.6. The average Bonchev–Trinajstić information content (AvgIpc) is 3.61. The summed E-state index contributed by atoms with van der Waals surface area (Å²) in [6, 6.07) is 15.4. The molecule has 4 rings (SSSR count). The van der Waals surface area contributed by atoms with Crippen LogP contribution in [0.5, 0.6) is 5.75 Å². The first kappa shape index (κ1) is 21.0. The van der Waals surface area contributed by atoms with Gasteiger partial charge in [-0.25, -0.2) is 4.98 Å². The molecule has 0 atom stereocenters. The molecule has 0 aliphatic heterocycles. The highest BCUT2D eigenvalue weighted by Crippen LogP contribution is 2.34. The van der Waals surface area contributed by atoms with E-state index >= 15 is 0 Å². The minimum absolute atomic E-state index is 0.0680. The molecule has 0 unspecified atom stereocenters. The summed E-state index contributed by atoms with van der Waals surface area (Å²) in [7, 11) is 1.60. The number of nitrogens with zero attached hydrogens (tertiary/aromatic N) is 1. The summed E-state index contributed by atoms with van der Waals surface area (Å²) in [5, 5.41) is 13.6. The molecule has 6 nitrogen and oxygen atoms in total. The molecular weight excluding hydrogens is 392 g/mol. The Morgan fingerprint density at radius 3 is 2.71 bits per heavy atom. The fourth-order valence-corrected chi connectivity index (χ4v) is 3.80. The van der Waals surface area contributed by atoms with E-state index in [9.17, 15) is 14.7 Å². The molecule has 160 valence electrons. The van der Waals surface area contributed by atoms with Crippen LogP contribution >= 0.6 is 0 Å². The summed E-state index contributed by atoms with van der Waals surface area (Å²) >= 11 is 0. The van der Waals surface area contributed by atoms with E-state index in [0.717, 1.165) is 40.6 Å². The number of carbonyl (C=O) groups is 2. The number of aromatic nitrogens is 1. The van der Waals surface area contributed by atoms with Gasteiger partial charge in [-0.05, 0) is 48.2 Å². The number of carbonyl (C=O) groups excluding carboxylic acids is 1. The number of carboxylic acid groups (broad SMARTS) is 1. The van der Waals surface area contributed by atoms with Crippen LogP contribution in [0.1, 0.15) is 30.4 Å². The Morgan fingerprint density at radius 1 is 1.16 bits per heavy atom. The zero-order valence-corrected chi connectivity index (χ0v) is 17.6. The summed E-state index contributed by atoms with van der Waals surface area (Å²) in [5.74, 6) is 0.375. The van der Waals surface area contributed by atoms with Gasteiger partial charge in [-0.3, -0.25) is 9.59 Å². The van der Waals surface area contributed by atoms with Gasteiger partial charge in [-0.15, -0.1) is 0 Å². The third-order valence-electron chi connectivity index (χ3n) is 5.57. The highest BCUT2D eigenvalue weighted by molar-refractivity contribution is 5.85.